The summed E-state index contributed by atoms with van der Waals surface area (Å²) in [4.78, 5) is 66.8. The van der Waals surface area contributed by atoms with Crippen molar-refractivity contribution in [3.63, 3.8) is 0 Å². The predicted molar refractivity (Wildman–Crippen MR) is 137 cm³/mol. The Labute approximate surface area is 217 Å². The number of nitrogens with zero attached hydrogens (tertiary/aromatic N) is 1. The molecule has 38 heavy (non-hydrogen) atoms. The normalized spacial score (nSPS) is 13.1. The highest BCUT2D eigenvalue weighted by molar-refractivity contribution is 5.94. The highest BCUT2D eigenvalue weighted by Gasteiger charge is 2.27. The van der Waals surface area contributed by atoms with Gasteiger partial charge in [0.15, 0.2) is 5.96 Å². The van der Waals surface area contributed by atoms with E-state index in [-0.39, 0.29) is 25.3 Å². The number of aliphatic carboxylic acids is 2. The van der Waals surface area contributed by atoms with Gasteiger partial charge in [-0.05, 0) is 24.5 Å². The molecule has 3 amide bonds. The molecular weight excluding hydrogens is 500 g/mol. The smallest absolute Gasteiger partial charge is 0.326 e. The first-order chi connectivity index (χ1) is 18.0. The molecule has 0 bridgehead atoms. The molecule has 2 aromatic rings. The van der Waals surface area contributed by atoms with Crippen molar-refractivity contribution in [3.8, 4) is 0 Å². The Balaban J connectivity index is 2.09. The maximum Gasteiger partial charge on any atom is 0.326 e. The van der Waals surface area contributed by atoms with Crippen LogP contribution in [0.3, 0.4) is 0 Å². The first kappa shape index (κ1) is 29.6. The molecule has 1 heterocycles. The number of nitrogens with one attached hydrogen (secondary N) is 4. The molecular formula is C23H32N8O7. The number of hydrogen-bond donors (Lipinski definition) is 9. The largest absolute Gasteiger partial charge is 0.481 e. The van der Waals surface area contributed by atoms with Gasteiger partial charge < -0.3 is 48.3 Å². The molecule has 12 N–H and O–H groups in total. The monoisotopic (exact) mass is 532 g/mol. The maximum absolute atomic E-state index is 13.0. The molecule has 0 aliphatic carbocycles. The van der Waals surface area contributed by atoms with Crippen LogP contribution in [0.25, 0.3) is 10.9 Å². The van der Waals surface area contributed by atoms with Crippen LogP contribution in [0, 0.1) is 0 Å². The maximum atomic E-state index is 13.0. The zero-order valence-corrected chi connectivity index (χ0v) is 20.5. The average molecular weight is 533 g/mol. The van der Waals surface area contributed by atoms with Crippen LogP contribution in [0.1, 0.15) is 24.8 Å². The standard InChI is InChI=1S/C23H32N8O7/c24-14(5-3-7-27-23(25)26)20(35)31-16(8-12-10-28-15-6-2-1-4-13(12)15)21(36)29-11-18(32)30-17(22(37)38)9-19(33)34/h1-2,4,6,10,14,16-17,28H,3,5,7-9,11,24H2,(H,29,36)(H,30,32)(H,31,35)(H,33,34)(H,37,38)(H4,25,26,27). The molecule has 0 aliphatic rings. The SMILES string of the molecule is NC(N)=NCCCC(N)C(=O)NC(Cc1c[nH]c2ccccc12)C(=O)NCC(=O)NC(CC(=O)O)C(=O)O. The van der Waals surface area contributed by atoms with Crippen LogP contribution >= 0.6 is 0 Å². The van der Waals surface area contributed by atoms with Crippen molar-refractivity contribution >= 4 is 46.5 Å². The third-order valence-electron chi connectivity index (χ3n) is 5.47. The fourth-order valence-corrected chi connectivity index (χ4v) is 3.57. The molecule has 1 aromatic heterocycles. The van der Waals surface area contributed by atoms with E-state index in [1.54, 1.807) is 6.20 Å². The Morgan fingerprint density at radius 3 is 2.37 bits per heavy atom. The molecule has 0 saturated heterocycles. The van der Waals surface area contributed by atoms with E-state index >= 15 is 0 Å². The quantitative estimate of drug-likeness (QED) is 0.0674. The third kappa shape index (κ3) is 9.42. The molecule has 3 unspecified atom stereocenters. The topological polar surface area (TPSA) is 268 Å². The molecule has 15 nitrogen and oxygen atoms in total. The first-order valence-corrected chi connectivity index (χ1v) is 11.7. The van der Waals surface area contributed by atoms with Crippen molar-refractivity contribution in [1.82, 2.24) is 20.9 Å². The number of aromatic nitrogens is 1. The summed E-state index contributed by atoms with van der Waals surface area (Å²) < 4.78 is 0. The van der Waals surface area contributed by atoms with E-state index in [1.165, 1.54) is 0 Å². The number of carbonyl (C=O) groups excluding carboxylic acids is 3. The minimum Gasteiger partial charge on any atom is -0.481 e. The van der Waals surface area contributed by atoms with Crippen LogP contribution < -0.4 is 33.2 Å². The summed E-state index contributed by atoms with van der Waals surface area (Å²) >= 11 is 0. The number of amides is 3. The number of para-hydroxylation sites is 1. The molecule has 0 radical (unpaired) electrons. The summed E-state index contributed by atoms with van der Waals surface area (Å²) in [6.07, 6.45) is 1.58. The molecule has 0 saturated carbocycles. The lowest BCUT2D eigenvalue weighted by atomic mass is 10.0. The van der Waals surface area contributed by atoms with Gasteiger partial charge in [-0.1, -0.05) is 18.2 Å². The molecule has 15 heteroatoms. The Bertz CT molecular complexity index is 1190. The number of nitrogens with two attached hydrogens (primary N) is 3. The number of guanidine groups is 1. The third-order valence-corrected chi connectivity index (χ3v) is 5.47. The second-order valence-electron chi connectivity index (χ2n) is 8.45. The number of aliphatic imine (C=N–C) groups is 1. The van der Waals surface area contributed by atoms with Gasteiger partial charge in [-0.2, -0.15) is 0 Å². The summed E-state index contributed by atoms with van der Waals surface area (Å²) in [5.41, 5.74) is 18.0. The summed E-state index contributed by atoms with van der Waals surface area (Å²) in [6, 6.07) is 3.58. The van der Waals surface area contributed by atoms with Gasteiger partial charge in [0.1, 0.15) is 12.1 Å². The van der Waals surface area contributed by atoms with E-state index < -0.39 is 60.8 Å². The minimum absolute atomic E-state index is 0.0562. The molecule has 2 rings (SSSR count). The van der Waals surface area contributed by atoms with Crippen LogP contribution in [-0.4, -0.2) is 82.0 Å². The molecule has 3 atom stereocenters. The Morgan fingerprint density at radius 1 is 1.00 bits per heavy atom. The second-order valence-corrected chi connectivity index (χ2v) is 8.45. The average Bonchev–Trinajstić information content (AvgIpc) is 3.26. The van der Waals surface area contributed by atoms with Crippen molar-refractivity contribution < 1.29 is 34.2 Å². The fourth-order valence-electron chi connectivity index (χ4n) is 3.57. The van der Waals surface area contributed by atoms with Gasteiger partial charge in [0.05, 0.1) is 19.0 Å². The van der Waals surface area contributed by atoms with Crippen LogP contribution in [0.2, 0.25) is 0 Å². The Morgan fingerprint density at radius 2 is 1.71 bits per heavy atom. The number of H-pyrrole nitrogens is 1. The van der Waals surface area contributed by atoms with Crippen LogP contribution in [0.4, 0.5) is 0 Å². The van der Waals surface area contributed by atoms with Crippen molar-refractivity contribution in [3.05, 3.63) is 36.0 Å². The van der Waals surface area contributed by atoms with E-state index in [2.05, 4.69) is 20.6 Å². The minimum atomic E-state index is -1.67. The van der Waals surface area contributed by atoms with E-state index in [4.69, 9.17) is 27.4 Å². The van der Waals surface area contributed by atoms with Gasteiger partial charge in [0, 0.05) is 30.1 Å². The van der Waals surface area contributed by atoms with Gasteiger partial charge in [-0.15, -0.1) is 0 Å². The molecule has 0 spiro atoms. The predicted octanol–water partition coefficient (Wildman–Crippen LogP) is -2.26. The van der Waals surface area contributed by atoms with Gasteiger partial charge >= 0.3 is 11.9 Å². The van der Waals surface area contributed by atoms with Gasteiger partial charge in [0.2, 0.25) is 17.7 Å². The van der Waals surface area contributed by atoms with E-state index in [1.807, 2.05) is 29.6 Å². The number of benzene rings is 1. The van der Waals surface area contributed by atoms with E-state index in [0.717, 1.165) is 16.5 Å². The highest BCUT2D eigenvalue weighted by Crippen LogP contribution is 2.19. The van der Waals surface area contributed by atoms with Gasteiger partial charge in [0.25, 0.3) is 0 Å². The number of aromatic amines is 1. The highest BCUT2D eigenvalue weighted by atomic mass is 16.4. The van der Waals surface area contributed by atoms with Crippen molar-refractivity contribution in [1.29, 1.82) is 0 Å². The summed E-state index contributed by atoms with van der Waals surface area (Å²) in [5, 5.41) is 25.7. The molecule has 1 aromatic carbocycles. The van der Waals surface area contributed by atoms with E-state index in [9.17, 15) is 24.0 Å². The van der Waals surface area contributed by atoms with Crippen molar-refractivity contribution in [2.24, 2.45) is 22.2 Å². The van der Waals surface area contributed by atoms with Crippen LogP contribution in [0.5, 0.6) is 0 Å². The van der Waals surface area contributed by atoms with E-state index in [0.29, 0.717) is 6.42 Å². The lowest BCUT2D eigenvalue weighted by Gasteiger charge is -2.21. The lowest BCUT2D eigenvalue weighted by Crippen LogP contribution is -2.54. The summed E-state index contributed by atoms with van der Waals surface area (Å²) in [6.45, 7) is -0.371. The number of hydrogen-bond acceptors (Lipinski definition) is 7. The Kier molecular flexibility index (Phi) is 11.0. The number of carbonyl (C=O) groups is 5. The number of carboxylic acids is 2. The summed E-state index contributed by atoms with van der Waals surface area (Å²) in [7, 11) is 0. The van der Waals surface area contributed by atoms with Gasteiger partial charge in [-0.3, -0.25) is 24.2 Å². The zero-order chi connectivity index (χ0) is 28.2. The van der Waals surface area contributed by atoms with Crippen molar-refractivity contribution in [2.75, 3.05) is 13.1 Å². The first-order valence-electron chi connectivity index (χ1n) is 11.7. The van der Waals surface area contributed by atoms with Crippen LogP contribution in [-0.2, 0) is 30.4 Å². The summed E-state index contributed by atoms with van der Waals surface area (Å²) in [5.74, 6) is -5.29. The van der Waals surface area contributed by atoms with Crippen LogP contribution in [0.15, 0.2) is 35.5 Å². The van der Waals surface area contributed by atoms with Crippen molar-refractivity contribution in [2.45, 2.75) is 43.8 Å². The molecule has 0 aliphatic heterocycles. The number of carboxylic acid groups (broad SMARTS) is 2. The fraction of sp³-hybridized carbons (Fsp3) is 0.391. The lowest BCUT2D eigenvalue weighted by molar-refractivity contribution is -0.147. The van der Waals surface area contributed by atoms with Gasteiger partial charge in [-0.25, -0.2) is 4.79 Å². The second kappa shape index (κ2) is 14.2. The number of rotatable bonds is 15. The molecule has 206 valence electrons. The zero-order valence-electron chi connectivity index (χ0n) is 20.5. The Hall–Kier alpha value is -4.66. The number of fused-ring (bicyclic) bond motifs is 1. The molecule has 0 fully saturated rings.